The lowest BCUT2D eigenvalue weighted by molar-refractivity contribution is -0.112. The highest BCUT2D eigenvalue weighted by molar-refractivity contribution is 6.52. The van der Waals surface area contributed by atoms with Crippen LogP contribution in [0, 0.1) is 18.8 Å². The largest absolute Gasteiger partial charge is 0.507 e. The van der Waals surface area contributed by atoms with Crippen LogP contribution >= 0.6 is 0 Å². The second-order valence-electron chi connectivity index (χ2n) is 6.89. The molecule has 0 radical (unpaired) electrons. The van der Waals surface area contributed by atoms with E-state index in [9.17, 15) is 19.8 Å². The molecule has 1 aromatic rings. The molecule has 0 bridgehead atoms. The van der Waals surface area contributed by atoms with Crippen molar-refractivity contribution in [3.8, 4) is 0 Å². The summed E-state index contributed by atoms with van der Waals surface area (Å²) in [5.74, 6) is -1.57. The van der Waals surface area contributed by atoms with Crippen LogP contribution < -0.4 is 0 Å². The third-order valence-electron chi connectivity index (χ3n) is 4.37. The van der Waals surface area contributed by atoms with Gasteiger partial charge in [-0.05, 0) is 29.9 Å². The van der Waals surface area contributed by atoms with E-state index in [1.807, 2.05) is 20.8 Å². The number of fused-ring (bicyclic) bond motifs is 1. The number of aliphatic hydroxyl groups excluding tert-OH is 2. The van der Waals surface area contributed by atoms with E-state index in [0.29, 0.717) is 11.1 Å². The Morgan fingerprint density at radius 1 is 1.04 bits per heavy atom. The maximum atomic E-state index is 12.6. The van der Waals surface area contributed by atoms with Crippen LogP contribution in [0.4, 0.5) is 0 Å². The van der Waals surface area contributed by atoms with Crippen molar-refractivity contribution in [2.24, 2.45) is 11.8 Å². The Kier molecular flexibility index (Phi) is 5.09. The van der Waals surface area contributed by atoms with Crippen LogP contribution in [0.1, 0.15) is 54.7 Å². The van der Waals surface area contributed by atoms with E-state index in [1.54, 1.807) is 38.1 Å². The van der Waals surface area contributed by atoms with Gasteiger partial charge in [0.15, 0.2) is 0 Å². The van der Waals surface area contributed by atoms with Gasteiger partial charge >= 0.3 is 0 Å². The summed E-state index contributed by atoms with van der Waals surface area (Å²) in [4.78, 5) is 25.0. The van der Waals surface area contributed by atoms with E-state index in [-0.39, 0.29) is 28.7 Å². The fraction of sp³-hybridized carbons (Fsp3) is 0.400. The zero-order valence-corrected chi connectivity index (χ0v) is 14.8. The van der Waals surface area contributed by atoms with Gasteiger partial charge in [-0.15, -0.1) is 0 Å². The van der Waals surface area contributed by atoms with Gasteiger partial charge in [0.1, 0.15) is 5.76 Å². The highest BCUT2D eigenvalue weighted by atomic mass is 16.3. The fourth-order valence-corrected chi connectivity index (χ4v) is 2.82. The molecule has 1 unspecified atom stereocenters. The maximum Gasteiger partial charge on any atom is 0.234 e. The van der Waals surface area contributed by atoms with Gasteiger partial charge in [-0.1, -0.05) is 52.0 Å². The van der Waals surface area contributed by atoms with Crippen LogP contribution in [0.2, 0.25) is 0 Å². The van der Waals surface area contributed by atoms with E-state index < -0.39 is 17.7 Å². The molecule has 4 heteroatoms. The Bertz CT molecular complexity index is 751. The molecule has 1 aliphatic rings. The molecule has 128 valence electrons. The number of carbonyl (C=O) groups excluding carboxylic acids is 2. The lowest BCUT2D eigenvalue weighted by atomic mass is 9.80. The molecule has 1 aromatic carbocycles. The van der Waals surface area contributed by atoms with E-state index in [4.69, 9.17) is 0 Å². The molecule has 0 heterocycles. The number of Topliss-reactive ketones (excluding diaryl/α,β-unsaturated/α-hetero) is 2. The number of rotatable bonds is 4. The quantitative estimate of drug-likeness (QED) is 0.826. The zero-order chi connectivity index (χ0) is 18.2. The van der Waals surface area contributed by atoms with Gasteiger partial charge in [0.25, 0.3) is 0 Å². The Hall–Kier alpha value is -2.20. The van der Waals surface area contributed by atoms with E-state index >= 15 is 0 Å². The van der Waals surface area contributed by atoms with Crippen molar-refractivity contribution in [2.45, 2.75) is 40.7 Å². The average Bonchev–Trinajstić information content (AvgIpc) is 2.50. The number of allylic oxidation sites excluding steroid dienone is 1. The third-order valence-corrected chi connectivity index (χ3v) is 4.37. The predicted molar refractivity (Wildman–Crippen MR) is 94.8 cm³/mol. The summed E-state index contributed by atoms with van der Waals surface area (Å²) in [5.41, 5.74) is 2.14. The number of aryl methyl sites for hydroxylation is 1. The van der Waals surface area contributed by atoms with Crippen molar-refractivity contribution in [1.29, 1.82) is 0 Å². The van der Waals surface area contributed by atoms with E-state index in [1.165, 1.54) is 0 Å². The Morgan fingerprint density at radius 3 is 2.21 bits per heavy atom. The molecular weight excluding hydrogens is 304 g/mol. The monoisotopic (exact) mass is 328 g/mol. The van der Waals surface area contributed by atoms with Crippen LogP contribution in [-0.2, 0) is 4.79 Å². The minimum absolute atomic E-state index is 0.0410. The van der Waals surface area contributed by atoms with Crippen LogP contribution in [-0.4, -0.2) is 27.9 Å². The van der Waals surface area contributed by atoms with Crippen molar-refractivity contribution in [3.63, 3.8) is 0 Å². The first kappa shape index (κ1) is 18.1. The van der Waals surface area contributed by atoms with Gasteiger partial charge in [0.2, 0.25) is 11.6 Å². The Labute approximate surface area is 142 Å². The molecule has 0 saturated heterocycles. The minimum Gasteiger partial charge on any atom is -0.507 e. The maximum absolute atomic E-state index is 12.6. The highest BCUT2D eigenvalue weighted by Gasteiger charge is 2.35. The molecule has 2 N–H and O–H groups in total. The summed E-state index contributed by atoms with van der Waals surface area (Å²) >= 11 is 0. The molecule has 0 aromatic heterocycles. The molecule has 4 nitrogen and oxygen atoms in total. The smallest absolute Gasteiger partial charge is 0.234 e. The molecule has 0 amide bonds. The second-order valence-corrected chi connectivity index (χ2v) is 6.89. The first-order valence-corrected chi connectivity index (χ1v) is 8.19. The first-order valence-electron chi connectivity index (χ1n) is 8.19. The van der Waals surface area contributed by atoms with Crippen LogP contribution in [0.5, 0.6) is 0 Å². The fourth-order valence-electron chi connectivity index (χ4n) is 2.82. The molecule has 0 fully saturated rings. The highest BCUT2D eigenvalue weighted by Crippen LogP contribution is 2.35. The Morgan fingerprint density at radius 2 is 1.67 bits per heavy atom. The molecule has 24 heavy (non-hydrogen) atoms. The SMILES string of the molecule is Cc1ccc2c(c1C=CC(O)C(C)C)C(=O)C(=O)C(C(C)C)=C2O. The summed E-state index contributed by atoms with van der Waals surface area (Å²) in [6, 6.07) is 3.47. The molecular formula is C20H24O4. The van der Waals surface area contributed by atoms with Crippen LogP contribution in [0.25, 0.3) is 11.8 Å². The van der Waals surface area contributed by atoms with Crippen molar-refractivity contribution in [1.82, 2.24) is 0 Å². The van der Waals surface area contributed by atoms with Crippen molar-refractivity contribution in [2.75, 3.05) is 0 Å². The third kappa shape index (κ3) is 3.06. The van der Waals surface area contributed by atoms with Crippen molar-refractivity contribution in [3.05, 3.63) is 46.0 Å². The van der Waals surface area contributed by atoms with Gasteiger partial charge in [-0.25, -0.2) is 0 Å². The summed E-state index contributed by atoms with van der Waals surface area (Å²) in [7, 11) is 0. The van der Waals surface area contributed by atoms with Gasteiger partial charge in [-0.3, -0.25) is 9.59 Å². The summed E-state index contributed by atoms with van der Waals surface area (Å²) in [6.07, 6.45) is 2.63. The number of aliphatic hydroxyl groups is 2. The number of hydrogen-bond donors (Lipinski definition) is 2. The molecule has 1 atom stereocenters. The Balaban J connectivity index is 2.68. The lowest BCUT2D eigenvalue weighted by Gasteiger charge is -2.22. The molecule has 1 aliphatic carbocycles. The number of ketones is 2. The van der Waals surface area contributed by atoms with Crippen LogP contribution in [0.3, 0.4) is 0 Å². The molecule has 0 aliphatic heterocycles. The minimum atomic E-state index is -0.653. The normalized spacial score (nSPS) is 16.5. The summed E-state index contributed by atoms with van der Waals surface area (Å²) in [5, 5.41) is 20.5. The molecule has 2 rings (SSSR count). The standard InChI is InChI=1S/C20H24O4/c1-10(2)15(21)9-8-13-12(5)6-7-14-17(13)20(24)19(23)16(11(3)4)18(14)22/h6-11,15,21-22H,1-5H3. The van der Waals surface area contributed by atoms with Gasteiger partial charge < -0.3 is 10.2 Å². The lowest BCUT2D eigenvalue weighted by Crippen LogP contribution is -2.27. The van der Waals surface area contributed by atoms with Crippen LogP contribution in [0.15, 0.2) is 23.8 Å². The van der Waals surface area contributed by atoms with E-state index in [0.717, 1.165) is 5.56 Å². The molecule has 0 saturated carbocycles. The van der Waals surface area contributed by atoms with Crippen molar-refractivity contribution < 1.29 is 19.8 Å². The average molecular weight is 328 g/mol. The van der Waals surface area contributed by atoms with E-state index in [2.05, 4.69) is 0 Å². The number of benzene rings is 1. The first-order chi connectivity index (χ1) is 11.2. The topological polar surface area (TPSA) is 74.6 Å². The molecule has 0 spiro atoms. The van der Waals surface area contributed by atoms with Gasteiger partial charge in [0.05, 0.1) is 6.10 Å². The number of hydrogen-bond acceptors (Lipinski definition) is 4. The van der Waals surface area contributed by atoms with Gasteiger partial charge in [-0.2, -0.15) is 0 Å². The predicted octanol–water partition coefficient (Wildman–Crippen LogP) is 3.72. The zero-order valence-electron chi connectivity index (χ0n) is 14.8. The summed E-state index contributed by atoms with van der Waals surface area (Å²) in [6.45, 7) is 9.16. The number of carbonyl (C=O) groups is 2. The second kappa shape index (κ2) is 6.73. The van der Waals surface area contributed by atoms with Crippen molar-refractivity contribution >= 4 is 23.4 Å². The van der Waals surface area contributed by atoms with Gasteiger partial charge in [0, 0.05) is 16.7 Å². The summed E-state index contributed by atoms with van der Waals surface area (Å²) < 4.78 is 0.